The van der Waals surface area contributed by atoms with E-state index < -0.39 is 0 Å². The minimum Gasteiger partial charge on any atom is -0.493 e. The van der Waals surface area contributed by atoms with Gasteiger partial charge in [-0.15, -0.1) is 0 Å². The van der Waals surface area contributed by atoms with Crippen molar-refractivity contribution in [1.29, 1.82) is 0 Å². The maximum Gasteiger partial charge on any atom is 0.305 e. The van der Waals surface area contributed by atoms with Gasteiger partial charge in [0.05, 0.1) is 13.7 Å². The number of fused-ring (bicyclic) bond motifs is 1. The summed E-state index contributed by atoms with van der Waals surface area (Å²) in [5.41, 5.74) is 3.10. The van der Waals surface area contributed by atoms with E-state index in [9.17, 15) is 4.79 Å². The topological polar surface area (TPSA) is 76.2 Å². The highest BCUT2D eigenvalue weighted by Gasteiger charge is 2.08. The first-order valence-corrected chi connectivity index (χ1v) is 8.63. The number of aryl methyl sites for hydroxylation is 1. The minimum atomic E-state index is -0.206. The van der Waals surface area contributed by atoms with Crippen LogP contribution in [0.5, 0.6) is 5.75 Å². The van der Waals surface area contributed by atoms with Crippen LogP contribution in [-0.4, -0.2) is 36.7 Å². The fourth-order valence-electron chi connectivity index (χ4n) is 2.82. The van der Waals surface area contributed by atoms with Crippen molar-refractivity contribution in [3.63, 3.8) is 0 Å². The first kappa shape index (κ1) is 17.8. The van der Waals surface area contributed by atoms with Gasteiger partial charge in [-0.3, -0.25) is 4.79 Å². The number of esters is 1. The maximum atomic E-state index is 11.4. The van der Waals surface area contributed by atoms with E-state index in [4.69, 9.17) is 9.47 Å². The number of hydrogen-bond acceptors (Lipinski definition) is 5. The quantitative estimate of drug-likeness (QED) is 0.608. The van der Waals surface area contributed by atoms with Crippen LogP contribution in [0.4, 0.5) is 5.82 Å². The molecule has 26 heavy (non-hydrogen) atoms. The SMILES string of the molecule is CNc1cccc(CCOc2ccc3[nH]cc(CCC(=O)OC)c3c2)n1. The van der Waals surface area contributed by atoms with Gasteiger partial charge in [0.2, 0.25) is 0 Å². The second-order valence-electron chi connectivity index (χ2n) is 5.96. The molecule has 0 fully saturated rings. The Labute approximate surface area is 152 Å². The van der Waals surface area contributed by atoms with Gasteiger partial charge >= 0.3 is 5.97 Å². The molecule has 0 bridgehead atoms. The van der Waals surface area contributed by atoms with Crippen molar-refractivity contribution in [3.05, 3.63) is 53.9 Å². The molecule has 1 aromatic carbocycles. The molecule has 3 rings (SSSR count). The number of ether oxygens (including phenoxy) is 2. The summed E-state index contributed by atoms with van der Waals surface area (Å²) < 4.78 is 10.6. The molecule has 136 valence electrons. The lowest BCUT2D eigenvalue weighted by atomic mass is 10.1. The molecular weight excluding hydrogens is 330 g/mol. The zero-order valence-electron chi connectivity index (χ0n) is 15.0. The number of carbonyl (C=O) groups excluding carboxylic acids is 1. The maximum absolute atomic E-state index is 11.4. The van der Waals surface area contributed by atoms with Gasteiger partial charge in [-0.2, -0.15) is 0 Å². The van der Waals surface area contributed by atoms with Crippen LogP contribution in [0, 0.1) is 0 Å². The summed E-state index contributed by atoms with van der Waals surface area (Å²) in [6.45, 7) is 0.549. The van der Waals surface area contributed by atoms with Crippen LogP contribution in [0.1, 0.15) is 17.7 Å². The van der Waals surface area contributed by atoms with Crippen LogP contribution >= 0.6 is 0 Å². The molecule has 0 aliphatic heterocycles. The van der Waals surface area contributed by atoms with Gasteiger partial charge in [0, 0.05) is 42.7 Å². The van der Waals surface area contributed by atoms with Crippen molar-refractivity contribution in [3.8, 4) is 5.75 Å². The van der Waals surface area contributed by atoms with Crippen LogP contribution in [0.15, 0.2) is 42.6 Å². The van der Waals surface area contributed by atoms with E-state index in [0.29, 0.717) is 19.4 Å². The lowest BCUT2D eigenvalue weighted by Gasteiger charge is -2.08. The number of H-pyrrole nitrogens is 1. The molecule has 3 aromatic rings. The van der Waals surface area contributed by atoms with Crippen molar-refractivity contribution >= 4 is 22.7 Å². The van der Waals surface area contributed by atoms with Crippen molar-refractivity contribution < 1.29 is 14.3 Å². The highest BCUT2D eigenvalue weighted by Crippen LogP contribution is 2.25. The molecule has 2 heterocycles. The molecule has 0 unspecified atom stereocenters. The smallest absolute Gasteiger partial charge is 0.305 e. The number of pyridine rings is 1. The molecule has 0 radical (unpaired) electrons. The Morgan fingerprint density at radius 2 is 2.12 bits per heavy atom. The normalized spacial score (nSPS) is 10.7. The van der Waals surface area contributed by atoms with Crippen molar-refractivity contribution in [1.82, 2.24) is 9.97 Å². The van der Waals surface area contributed by atoms with Gasteiger partial charge < -0.3 is 19.8 Å². The Hall–Kier alpha value is -3.02. The highest BCUT2D eigenvalue weighted by atomic mass is 16.5. The van der Waals surface area contributed by atoms with Crippen molar-refractivity contribution in [2.75, 3.05) is 26.1 Å². The standard InChI is InChI=1S/C20H23N3O3/c1-21-19-5-3-4-15(23-19)10-11-26-16-7-8-18-17(12-16)14(13-22-18)6-9-20(24)25-2/h3-5,7-8,12-13,22H,6,9-11H2,1-2H3,(H,21,23). The van der Waals surface area contributed by atoms with Crippen molar-refractivity contribution in [2.24, 2.45) is 0 Å². The summed E-state index contributed by atoms with van der Waals surface area (Å²) in [6.07, 6.45) is 3.67. The first-order chi connectivity index (χ1) is 12.7. The number of aromatic nitrogens is 2. The minimum absolute atomic E-state index is 0.206. The Kier molecular flexibility index (Phi) is 5.73. The number of anilines is 1. The molecule has 2 aromatic heterocycles. The Bertz CT molecular complexity index is 889. The molecule has 0 saturated heterocycles. The number of benzene rings is 1. The third kappa shape index (κ3) is 4.33. The molecule has 0 amide bonds. The van der Waals surface area contributed by atoms with Crippen LogP contribution in [-0.2, 0) is 22.4 Å². The van der Waals surface area contributed by atoms with E-state index in [1.54, 1.807) is 0 Å². The monoisotopic (exact) mass is 353 g/mol. The summed E-state index contributed by atoms with van der Waals surface area (Å²) >= 11 is 0. The van der Waals surface area contributed by atoms with Gasteiger partial charge in [0.25, 0.3) is 0 Å². The van der Waals surface area contributed by atoms with E-state index >= 15 is 0 Å². The van der Waals surface area contributed by atoms with Crippen LogP contribution in [0.25, 0.3) is 10.9 Å². The van der Waals surface area contributed by atoms with Gasteiger partial charge in [0.1, 0.15) is 11.6 Å². The lowest BCUT2D eigenvalue weighted by molar-refractivity contribution is -0.140. The van der Waals surface area contributed by atoms with Gasteiger partial charge in [-0.1, -0.05) is 6.07 Å². The molecule has 2 N–H and O–H groups in total. The molecular formula is C20H23N3O3. The largest absolute Gasteiger partial charge is 0.493 e. The summed E-state index contributed by atoms with van der Waals surface area (Å²) in [5.74, 6) is 1.45. The number of aromatic amines is 1. The summed E-state index contributed by atoms with van der Waals surface area (Å²) in [6, 6.07) is 11.8. The van der Waals surface area contributed by atoms with E-state index in [-0.39, 0.29) is 5.97 Å². The second-order valence-corrected chi connectivity index (χ2v) is 5.96. The zero-order chi connectivity index (χ0) is 18.4. The first-order valence-electron chi connectivity index (χ1n) is 8.63. The molecule has 0 saturated carbocycles. The Morgan fingerprint density at radius 3 is 2.92 bits per heavy atom. The van der Waals surface area contributed by atoms with Gasteiger partial charge in [-0.05, 0) is 42.3 Å². The zero-order valence-corrected chi connectivity index (χ0v) is 15.0. The number of nitrogens with one attached hydrogen (secondary N) is 2. The fourth-order valence-corrected chi connectivity index (χ4v) is 2.82. The molecule has 6 nitrogen and oxygen atoms in total. The lowest BCUT2D eigenvalue weighted by Crippen LogP contribution is -2.04. The fraction of sp³-hybridized carbons (Fsp3) is 0.300. The van der Waals surface area contributed by atoms with E-state index in [1.165, 1.54) is 7.11 Å². The summed E-state index contributed by atoms with van der Waals surface area (Å²) in [7, 11) is 3.26. The predicted octanol–water partition coefficient (Wildman–Crippen LogP) is 3.33. The van der Waals surface area contributed by atoms with Gasteiger partial charge in [-0.25, -0.2) is 4.98 Å². The molecule has 6 heteroatoms. The number of carbonyl (C=O) groups is 1. The summed E-state index contributed by atoms with van der Waals surface area (Å²) in [4.78, 5) is 19.1. The molecule has 0 spiro atoms. The van der Waals surface area contributed by atoms with E-state index in [1.807, 2.05) is 49.6 Å². The number of rotatable bonds is 8. The Morgan fingerprint density at radius 1 is 1.23 bits per heavy atom. The molecule has 0 aliphatic carbocycles. The van der Waals surface area contributed by atoms with Crippen LogP contribution in [0.3, 0.4) is 0 Å². The average molecular weight is 353 g/mol. The third-order valence-electron chi connectivity index (χ3n) is 4.25. The number of hydrogen-bond donors (Lipinski definition) is 2. The third-order valence-corrected chi connectivity index (χ3v) is 4.25. The predicted molar refractivity (Wildman–Crippen MR) is 102 cm³/mol. The van der Waals surface area contributed by atoms with Crippen LogP contribution < -0.4 is 10.1 Å². The second kappa shape index (κ2) is 8.38. The number of methoxy groups -OCH3 is 1. The van der Waals surface area contributed by atoms with E-state index in [0.717, 1.165) is 40.1 Å². The summed E-state index contributed by atoms with van der Waals surface area (Å²) in [5, 5.41) is 4.11. The molecule has 0 aliphatic rings. The van der Waals surface area contributed by atoms with Gasteiger partial charge in [0.15, 0.2) is 0 Å². The number of nitrogens with zero attached hydrogens (tertiary/aromatic N) is 1. The highest BCUT2D eigenvalue weighted by molar-refractivity contribution is 5.85. The molecule has 0 atom stereocenters. The van der Waals surface area contributed by atoms with Crippen LogP contribution in [0.2, 0.25) is 0 Å². The van der Waals surface area contributed by atoms with E-state index in [2.05, 4.69) is 15.3 Å². The van der Waals surface area contributed by atoms with Crippen molar-refractivity contribution in [2.45, 2.75) is 19.3 Å². The average Bonchev–Trinajstić information content (AvgIpc) is 3.08. The Balaban J connectivity index is 1.63.